The highest BCUT2D eigenvalue weighted by molar-refractivity contribution is 5.85. The summed E-state index contributed by atoms with van der Waals surface area (Å²) < 4.78 is 67.3. The third kappa shape index (κ3) is 4.56. The average molecular weight is 354 g/mol. The van der Waals surface area contributed by atoms with Crippen LogP contribution in [0.4, 0.5) is 22.0 Å². The Kier molecular flexibility index (Phi) is 5.96. The second kappa shape index (κ2) is 7.14. The molecule has 8 heteroatoms. The standard InChI is InChI=1S/C15H12F5NO.ClH/c1-8-2-7-11(13(17)12(8)16)14(21)9-3-5-10(6-4-9)22-15(18,19)20;/h2-7,14H,21H2,1H3;1H/t14-;/m0./s1. The molecule has 0 heterocycles. The van der Waals surface area contributed by atoms with Gasteiger partial charge in [0.1, 0.15) is 5.75 Å². The zero-order chi connectivity index (χ0) is 16.5. The lowest BCUT2D eigenvalue weighted by molar-refractivity contribution is -0.274. The molecule has 0 aromatic heterocycles. The van der Waals surface area contributed by atoms with Crippen molar-refractivity contribution in [1.29, 1.82) is 0 Å². The van der Waals surface area contributed by atoms with Crippen LogP contribution in [0.2, 0.25) is 0 Å². The highest BCUT2D eigenvalue weighted by atomic mass is 35.5. The van der Waals surface area contributed by atoms with Gasteiger partial charge in [-0.3, -0.25) is 0 Å². The molecule has 0 saturated heterocycles. The number of nitrogens with two attached hydrogens (primary N) is 1. The first-order chi connectivity index (χ1) is 10.2. The molecule has 2 nitrogen and oxygen atoms in total. The molecule has 0 fully saturated rings. The van der Waals surface area contributed by atoms with E-state index in [1.165, 1.54) is 31.2 Å². The number of alkyl halides is 3. The van der Waals surface area contributed by atoms with E-state index in [-0.39, 0.29) is 23.5 Å². The van der Waals surface area contributed by atoms with Crippen molar-refractivity contribution in [2.75, 3.05) is 0 Å². The predicted octanol–water partition coefficient (Wildman–Crippen LogP) is 4.64. The molecule has 23 heavy (non-hydrogen) atoms. The van der Waals surface area contributed by atoms with Gasteiger partial charge in [0.2, 0.25) is 0 Å². The Labute approximate surface area is 135 Å². The van der Waals surface area contributed by atoms with Crippen LogP contribution in [-0.2, 0) is 0 Å². The number of benzene rings is 2. The first-order valence-electron chi connectivity index (χ1n) is 6.25. The summed E-state index contributed by atoms with van der Waals surface area (Å²) in [5, 5.41) is 0. The van der Waals surface area contributed by atoms with E-state index in [4.69, 9.17) is 5.73 Å². The average Bonchev–Trinajstić information content (AvgIpc) is 2.43. The first-order valence-corrected chi connectivity index (χ1v) is 6.25. The molecule has 1 atom stereocenters. The summed E-state index contributed by atoms with van der Waals surface area (Å²) >= 11 is 0. The molecule has 0 saturated carbocycles. The maximum absolute atomic E-state index is 13.9. The Hall–Kier alpha value is -1.86. The fraction of sp³-hybridized carbons (Fsp3) is 0.200. The molecule has 126 valence electrons. The van der Waals surface area contributed by atoms with Gasteiger partial charge < -0.3 is 10.5 Å². The molecule has 0 amide bonds. The largest absolute Gasteiger partial charge is 0.573 e. The number of rotatable bonds is 3. The van der Waals surface area contributed by atoms with Crippen LogP contribution in [0.1, 0.15) is 22.7 Å². The van der Waals surface area contributed by atoms with Gasteiger partial charge in [-0.1, -0.05) is 24.3 Å². The van der Waals surface area contributed by atoms with Crippen LogP contribution in [0.5, 0.6) is 5.75 Å². The molecule has 0 aliphatic carbocycles. The van der Waals surface area contributed by atoms with Gasteiger partial charge in [-0.05, 0) is 30.2 Å². The summed E-state index contributed by atoms with van der Waals surface area (Å²) in [6.07, 6.45) is -4.80. The minimum absolute atomic E-state index is 0. The molecule has 2 aromatic rings. The van der Waals surface area contributed by atoms with E-state index in [9.17, 15) is 22.0 Å². The van der Waals surface area contributed by atoms with Gasteiger partial charge in [0, 0.05) is 5.56 Å². The van der Waals surface area contributed by atoms with Gasteiger partial charge in [0.15, 0.2) is 11.6 Å². The maximum Gasteiger partial charge on any atom is 0.573 e. The van der Waals surface area contributed by atoms with E-state index in [0.29, 0.717) is 5.56 Å². The number of aryl methyl sites for hydroxylation is 1. The molecular formula is C15H13ClF5NO. The second-order valence-electron chi connectivity index (χ2n) is 4.69. The summed E-state index contributed by atoms with van der Waals surface area (Å²) in [6.45, 7) is 1.41. The van der Waals surface area contributed by atoms with Crippen LogP contribution >= 0.6 is 12.4 Å². The van der Waals surface area contributed by atoms with E-state index >= 15 is 0 Å². The summed E-state index contributed by atoms with van der Waals surface area (Å²) in [7, 11) is 0. The molecule has 0 bridgehead atoms. The SMILES string of the molecule is Cc1ccc([C@@H](N)c2ccc(OC(F)(F)F)cc2)c(F)c1F.Cl. The lowest BCUT2D eigenvalue weighted by Crippen LogP contribution is -2.17. The van der Waals surface area contributed by atoms with Gasteiger partial charge in [-0.25, -0.2) is 8.78 Å². The molecule has 2 N–H and O–H groups in total. The van der Waals surface area contributed by atoms with Gasteiger partial charge in [0.25, 0.3) is 0 Å². The topological polar surface area (TPSA) is 35.2 Å². The molecule has 0 radical (unpaired) electrons. The van der Waals surface area contributed by atoms with Crippen LogP contribution in [0, 0.1) is 18.6 Å². The van der Waals surface area contributed by atoms with E-state index in [0.717, 1.165) is 12.1 Å². The predicted molar refractivity (Wildman–Crippen MR) is 77.5 cm³/mol. The summed E-state index contributed by atoms with van der Waals surface area (Å²) in [4.78, 5) is 0. The maximum atomic E-state index is 13.9. The Bertz CT molecular complexity index is 673. The summed E-state index contributed by atoms with van der Waals surface area (Å²) in [5.74, 6) is -2.48. The normalized spacial score (nSPS) is 12.5. The highest BCUT2D eigenvalue weighted by Crippen LogP contribution is 2.28. The van der Waals surface area contributed by atoms with Crippen molar-refractivity contribution in [3.63, 3.8) is 0 Å². The van der Waals surface area contributed by atoms with Gasteiger partial charge >= 0.3 is 6.36 Å². The Morgan fingerprint density at radius 3 is 2.04 bits per heavy atom. The van der Waals surface area contributed by atoms with Gasteiger partial charge in [0.05, 0.1) is 6.04 Å². The quantitative estimate of drug-likeness (QED) is 0.816. The van der Waals surface area contributed by atoms with Crippen molar-refractivity contribution in [2.45, 2.75) is 19.3 Å². The van der Waals surface area contributed by atoms with Crippen LogP contribution in [0.25, 0.3) is 0 Å². The third-order valence-electron chi connectivity index (χ3n) is 3.11. The second-order valence-corrected chi connectivity index (χ2v) is 4.69. The van der Waals surface area contributed by atoms with Crippen LogP contribution in [0.3, 0.4) is 0 Å². The van der Waals surface area contributed by atoms with Gasteiger partial charge in [-0.2, -0.15) is 0 Å². The Morgan fingerprint density at radius 1 is 0.957 bits per heavy atom. The molecule has 2 aromatic carbocycles. The number of hydrogen-bond acceptors (Lipinski definition) is 2. The smallest absolute Gasteiger partial charge is 0.406 e. The van der Waals surface area contributed by atoms with Gasteiger partial charge in [-0.15, -0.1) is 25.6 Å². The van der Waals surface area contributed by atoms with Crippen molar-refractivity contribution in [2.24, 2.45) is 5.73 Å². The molecule has 0 aliphatic heterocycles. The van der Waals surface area contributed by atoms with E-state index in [1.54, 1.807) is 0 Å². The minimum atomic E-state index is -4.80. The van der Waals surface area contributed by atoms with Crippen molar-refractivity contribution < 1.29 is 26.7 Å². The Morgan fingerprint density at radius 2 is 1.52 bits per heavy atom. The fourth-order valence-electron chi connectivity index (χ4n) is 1.96. The van der Waals surface area contributed by atoms with Crippen molar-refractivity contribution in [1.82, 2.24) is 0 Å². The van der Waals surface area contributed by atoms with Crippen molar-refractivity contribution >= 4 is 12.4 Å². The number of ether oxygens (including phenoxy) is 1. The first kappa shape index (κ1) is 19.2. The lowest BCUT2D eigenvalue weighted by atomic mass is 9.98. The van der Waals surface area contributed by atoms with E-state index < -0.39 is 29.8 Å². The van der Waals surface area contributed by atoms with E-state index in [2.05, 4.69) is 4.74 Å². The highest BCUT2D eigenvalue weighted by Gasteiger charge is 2.31. The number of halogens is 6. The molecule has 2 rings (SSSR count). The van der Waals surface area contributed by atoms with Crippen LogP contribution in [-0.4, -0.2) is 6.36 Å². The molecule has 0 spiro atoms. The zero-order valence-corrected chi connectivity index (χ0v) is 12.6. The van der Waals surface area contributed by atoms with Crippen molar-refractivity contribution in [3.05, 3.63) is 64.7 Å². The van der Waals surface area contributed by atoms with Crippen LogP contribution < -0.4 is 10.5 Å². The molecular weight excluding hydrogens is 341 g/mol. The zero-order valence-electron chi connectivity index (χ0n) is 11.8. The number of hydrogen-bond donors (Lipinski definition) is 1. The summed E-state index contributed by atoms with van der Waals surface area (Å²) in [5.41, 5.74) is 6.24. The lowest BCUT2D eigenvalue weighted by Gasteiger charge is -2.15. The fourth-order valence-corrected chi connectivity index (χ4v) is 1.96. The summed E-state index contributed by atoms with van der Waals surface area (Å²) in [6, 6.07) is 6.38. The minimum Gasteiger partial charge on any atom is -0.406 e. The third-order valence-corrected chi connectivity index (χ3v) is 3.11. The Balaban J connectivity index is 0.00000264. The van der Waals surface area contributed by atoms with E-state index in [1.807, 2.05) is 0 Å². The van der Waals surface area contributed by atoms with Crippen molar-refractivity contribution in [3.8, 4) is 5.75 Å². The monoisotopic (exact) mass is 353 g/mol. The molecule has 0 unspecified atom stereocenters. The van der Waals surface area contributed by atoms with Crippen LogP contribution in [0.15, 0.2) is 36.4 Å². The molecule has 0 aliphatic rings.